The number of hydrogen-bond donors (Lipinski definition) is 1. The van der Waals surface area contributed by atoms with Crippen molar-refractivity contribution in [1.29, 1.82) is 0 Å². The lowest BCUT2D eigenvalue weighted by atomic mass is 10.1. The fraction of sp³-hybridized carbons (Fsp3) is 0.188. The van der Waals surface area contributed by atoms with Crippen LogP contribution in [-0.2, 0) is 19.7 Å². The molecule has 0 spiro atoms. The Morgan fingerprint density at radius 3 is 2.40 bits per heavy atom. The van der Waals surface area contributed by atoms with Gasteiger partial charge in [0.05, 0.1) is 12.3 Å². The minimum absolute atomic E-state index is 0.00659. The van der Waals surface area contributed by atoms with Crippen LogP contribution in [0.1, 0.15) is 16.8 Å². The van der Waals surface area contributed by atoms with Gasteiger partial charge in [0.1, 0.15) is 5.65 Å². The molecule has 1 aliphatic rings. The molecule has 4 heteroatoms. The van der Waals surface area contributed by atoms with Gasteiger partial charge in [-0.15, -0.1) is 0 Å². The molecule has 3 aromatic rings. The minimum Gasteiger partial charge on any atom is -0.390 e. The Bertz CT molecular complexity index is 753. The van der Waals surface area contributed by atoms with Gasteiger partial charge in [-0.1, -0.05) is 30.3 Å². The first-order valence-electron chi connectivity index (χ1n) is 6.75. The Kier molecular flexibility index (Phi) is 2.50. The maximum absolute atomic E-state index is 9.70. The molecule has 0 bridgehead atoms. The largest absolute Gasteiger partial charge is 0.390 e. The van der Waals surface area contributed by atoms with E-state index in [1.807, 2.05) is 28.8 Å². The summed E-state index contributed by atoms with van der Waals surface area (Å²) < 4.78 is 1.96. The molecular formula is C16H15N3O. The van der Waals surface area contributed by atoms with Crippen LogP contribution in [0, 0.1) is 0 Å². The number of nitrogens with zero attached hydrogens (tertiary/aromatic N) is 3. The van der Waals surface area contributed by atoms with Gasteiger partial charge in [-0.25, -0.2) is 4.98 Å². The summed E-state index contributed by atoms with van der Waals surface area (Å²) in [7, 11) is 0. The van der Waals surface area contributed by atoms with Crippen LogP contribution in [0.2, 0.25) is 0 Å². The molecule has 0 fully saturated rings. The molecule has 2 aromatic heterocycles. The topological polar surface area (TPSA) is 40.8 Å². The zero-order chi connectivity index (χ0) is 13.5. The average molecular weight is 265 g/mol. The van der Waals surface area contributed by atoms with Gasteiger partial charge >= 0.3 is 0 Å². The van der Waals surface area contributed by atoms with Crippen molar-refractivity contribution in [1.82, 2.24) is 9.38 Å². The number of aliphatic hydroxyl groups excluding tert-OH is 1. The highest BCUT2D eigenvalue weighted by Crippen LogP contribution is 2.30. The molecule has 1 N–H and O–H groups in total. The average Bonchev–Trinajstić information content (AvgIpc) is 3.07. The molecule has 3 heterocycles. The molecular weight excluding hydrogens is 250 g/mol. The second-order valence-corrected chi connectivity index (χ2v) is 5.09. The minimum atomic E-state index is -0.00659. The highest BCUT2D eigenvalue weighted by atomic mass is 16.3. The quantitative estimate of drug-likeness (QED) is 0.773. The third-order valence-electron chi connectivity index (χ3n) is 3.90. The Hall–Kier alpha value is -2.33. The zero-order valence-corrected chi connectivity index (χ0v) is 11.0. The van der Waals surface area contributed by atoms with Gasteiger partial charge in [0, 0.05) is 19.3 Å². The molecule has 1 aliphatic heterocycles. The van der Waals surface area contributed by atoms with Crippen molar-refractivity contribution in [2.24, 2.45) is 0 Å². The van der Waals surface area contributed by atoms with Crippen LogP contribution < -0.4 is 4.90 Å². The SMILES string of the molecule is OCc1c(N2Cc3ccccc3C2)nc2ccccn12. The van der Waals surface area contributed by atoms with Gasteiger partial charge in [-0.05, 0) is 23.3 Å². The Balaban J connectivity index is 1.80. The number of hydrogen-bond acceptors (Lipinski definition) is 3. The first-order valence-corrected chi connectivity index (χ1v) is 6.75. The van der Waals surface area contributed by atoms with Crippen molar-refractivity contribution in [3.8, 4) is 0 Å². The van der Waals surface area contributed by atoms with Crippen LogP contribution in [-0.4, -0.2) is 14.5 Å². The number of rotatable bonds is 2. The van der Waals surface area contributed by atoms with Gasteiger partial charge in [-0.3, -0.25) is 4.40 Å². The van der Waals surface area contributed by atoms with E-state index in [-0.39, 0.29) is 6.61 Å². The number of pyridine rings is 1. The smallest absolute Gasteiger partial charge is 0.154 e. The van der Waals surface area contributed by atoms with Crippen molar-refractivity contribution < 1.29 is 5.11 Å². The predicted octanol–water partition coefficient (Wildman–Crippen LogP) is 2.35. The van der Waals surface area contributed by atoms with Crippen LogP contribution in [0.5, 0.6) is 0 Å². The van der Waals surface area contributed by atoms with E-state index >= 15 is 0 Å². The fourth-order valence-corrected chi connectivity index (χ4v) is 2.92. The summed E-state index contributed by atoms with van der Waals surface area (Å²) >= 11 is 0. The third kappa shape index (κ3) is 1.62. The molecule has 4 nitrogen and oxygen atoms in total. The third-order valence-corrected chi connectivity index (χ3v) is 3.90. The molecule has 0 unspecified atom stereocenters. The maximum Gasteiger partial charge on any atom is 0.154 e. The van der Waals surface area contributed by atoms with E-state index in [9.17, 15) is 5.11 Å². The standard InChI is InChI=1S/C16H15N3O/c20-11-14-16(17-15-7-3-4-8-19(14)15)18-9-12-5-1-2-6-13(12)10-18/h1-8,20H,9-11H2. The van der Waals surface area contributed by atoms with Crippen molar-refractivity contribution in [2.75, 3.05) is 4.90 Å². The summed E-state index contributed by atoms with van der Waals surface area (Å²) in [4.78, 5) is 6.90. The molecule has 0 aliphatic carbocycles. The second-order valence-electron chi connectivity index (χ2n) is 5.09. The predicted molar refractivity (Wildman–Crippen MR) is 77.4 cm³/mol. The zero-order valence-electron chi connectivity index (χ0n) is 11.0. The van der Waals surface area contributed by atoms with Gasteiger partial charge < -0.3 is 10.0 Å². The van der Waals surface area contributed by atoms with Gasteiger partial charge in [0.25, 0.3) is 0 Å². The van der Waals surface area contributed by atoms with Crippen molar-refractivity contribution in [3.05, 3.63) is 65.5 Å². The molecule has 0 amide bonds. The van der Waals surface area contributed by atoms with Gasteiger partial charge in [0.2, 0.25) is 0 Å². The number of anilines is 1. The first kappa shape index (κ1) is 11.5. The number of benzene rings is 1. The molecule has 4 rings (SSSR count). The number of fused-ring (bicyclic) bond motifs is 2. The lowest BCUT2D eigenvalue weighted by molar-refractivity contribution is 0.276. The molecule has 0 atom stereocenters. The van der Waals surface area contributed by atoms with E-state index in [0.29, 0.717) is 0 Å². The molecule has 100 valence electrons. The Morgan fingerprint density at radius 1 is 1.00 bits per heavy atom. The highest BCUT2D eigenvalue weighted by Gasteiger charge is 2.23. The second kappa shape index (κ2) is 4.35. The van der Waals surface area contributed by atoms with Crippen molar-refractivity contribution >= 4 is 11.5 Å². The van der Waals surface area contributed by atoms with E-state index in [2.05, 4.69) is 34.1 Å². The lowest BCUT2D eigenvalue weighted by Gasteiger charge is -2.16. The molecule has 0 saturated heterocycles. The van der Waals surface area contributed by atoms with Crippen LogP contribution in [0.25, 0.3) is 5.65 Å². The van der Waals surface area contributed by atoms with E-state index < -0.39 is 0 Å². The van der Waals surface area contributed by atoms with Crippen LogP contribution >= 0.6 is 0 Å². The van der Waals surface area contributed by atoms with Gasteiger partial charge in [0.15, 0.2) is 5.82 Å². The summed E-state index contributed by atoms with van der Waals surface area (Å²) in [6, 6.07) is 14.3. The molecule has 0 radical (unpaired) electrons. The van der Waals surface area contributed by atoms with E-state index in [4.69, 9.17) is 0 Å². The van der Waals surface area contributed by atoms with Crippen molar-refractivity contribution in [3.63, 3.8) is 0 Å². The van der Waals surface area contributed by atoms with Crippen molar-refractivity contribution in [2.45, 2.75) is 19.7 Å². The van der Waals surface area contributed by atoms with Crippen LogP contribution in [0.4, 0.5) is 5.82 Å². The normalized spacial score (nSPS) is 13.9. The monoisotopic (exact) mass is 265 g/mol. The Labute approximate surface area is 116 Å². The fourth-order valence-electron chi connectivity index (χ4n) is 2.92. The highest BCUT2D eigenvalue weighted by molar-refractivity contribution is 5.58. The molecule has 20 heavy (non-hydrogen) atoms. The summed E-state index contributed by atoms with van der Waals surface area (Å²) in [5.74, 6) is 0.884. The number of imidazole rings is 1. The summed E-state index contributed by atoms with van der Waals surface area (Å²) in [5, 5.41) is 9.70. The molecule has 0 saturated carbocycles. The maximum atomic E-state index is 9.70. The first-order chi connectivity index (χ1) is 9.86. The summed E-state index contributed by atoms with van der Waals surface area (Å²) in [5.41, 5.74) is 4.41. The summed E-state index contributed by atoms with van der Waals surface area (Å²) in [6.07, 6.45) is 1.95. The summed E-state index contributed by atoms with van der Waals surface area (Å²) in [6.45, 7) is 1.70. The van der Waals surface area contributed by atoms with Crippen LogP contribution in [0.15, 0.2) is 48.7 Å². The van der Waals surface area contributed by atoms with Crippen LogP contribution in [0.3, 0.4) is 0 Å². The van der Waals surface area contributed by atoms with E-state index in [1.165, 1.54) is 11.1 Å². The van der Waals surface area contributed by atoms with E-state index in [0.717, 1.165) is 30.2 Å². The molecule has 1 aromatic carbocycles. The number of aromatic nitrogens is 2. The van der Waals surface area contributed by atoms with Gasteiger partial charge in [-0.2, -0.15) is 0 Å². The lowest BCUT2D eigenvalue weighted by Crippen LogP contribution is -2.16. The Morgan fingerprint density at radius 2 is 1.70 bits per heavy atom. The number of aliphatic hydroxyl groups is 1. The van der Waals surface area contributed by atoms with E-state index in [1.54, 1.807) is 0 Å².